The third-order valence-electron chi connectivity index (χ3n) is 2.64. The van der Waals surface area contributed by atoms with E-state index in [0.29, 0.717) is 11.3 Å². The van der Waals surface area contributed by atoms with Crippen molar-refractivity contribution in [2.24, 2.45) is 0 Å². The monoisotopic (exact) mass is 230 g/mol. The van der Waals surface area contributed by atoms with Gasteiger partial charge in [-0.25, -0.2) is 4.39 Å². The third kappa shape index (κ3) is 2.75. The maximum atomic E-state index is 13.6. The Morgan fingerprint density at radius 1 is 1.12 bits per heavy atom. The second kappa shape index (κ2) is 4.87. The molecule has 1 unspecified atom stereocenters. The molecule has 3 heteroatoms. The van der Waals surface area contributed by atoms with Crippen LogP contribution in [0.4, 0.5) is 15.8 Å². The van der Waals surface area contributed by atoms with Crippen molar-refractivity contribution in [3.63, 3.8) is 0 Å². The van der Waals surface area contributed by atoms with Crippen molar-refractivity contribution in [3.8, 4) is 0 Å². The van der Waals surface area contributed by atoms with Crippen LogP contribution >= 0.6 is 0 Å². The molecule has 0 saturated heterocycles. The van der Waals surface area contributed by atoms with E-state index in [4.69, 9.17) is 5.73 Å². The Labute approximate surface area is 100 Å². The van der Waals surface area contributed by atoms with Gasteiger partial charge in [0.15, 0.2) is 0 Å². The highest BCUT2D eigenvalue weighted by atomic mass is 19.1. The fourth-order valence-electron chi connectivity index (χ4n) is 1.78. The molecular formula is C14H15FN2. The van der Waals surface area contributed by atoms with Crippen molar-refractivity contribution in [1.29, 1.82) is 0 Å². The summed E-state index contributed by atoms with van der Waals surface area (Å²) in [5.41, 5.74) is 7.92. The maximum Gasteiger partial charge on any atom is 0.128 e. The Kier molecular flexibility index (Phi) is 3.28. The minimum Gasteiger partial charge on any atom is -0.399 e. The van der Waals surface area contributed by atoms with E-state index in [2.05, 4.69) is 5.32 Å². The fourth-order valence-corrected chi connectivity index (χ4v) is 1.78. The zero-order valence-corrected chi connectivity index (χ0v) is 9.65. The first-order valence-corrected chi connectivity index (χ1v) is 5.53. The summed E-state index contributed by atoms with van der Waals surface area (Å²) in [6, 6.07) is 14.1. The average molecular weight is 230 g/mol. The van der Waals surface area contributed by atoms with E-state index in [1.54, 1.807) is 12.1 Å². The molecule has 0 aliphatic heterocycles. The van der Waals surface area contributed by atoms with Crippen LogP contribution in [-0.2, 0) is 0 Å². The first kappa shape index (κ1) is 11.5. The molecule has 0 spiro atoms. The number of nitrogens with two attached hydrogens (primary N) is 1. The van der Waals surface area contributed by atoms with Crippen molar-refractivity contribution in [3.05, 3.63) is 59.9 Å². The molecule has 0 aliphatic rings. The Morgan fingerprint density at radius 3 is 2.59 bits per heavy atom. The Balaban J connectivity index is 2.17. The second-order valence-corrected chi connectivity index (χ2v) is 4.01. The molecule has 0 fully saturated rings. The van der Waals surface area contributed by atoms with E-state index in [9.17, 15) is 4.39 Å². The molecule has 0 radical (unpaired) electrons. The molecule has 2 rings (SSSR count). The lowest BCUT2D eigenvalue weighted by Gasteiger charge is -2.16. The van der Waals surface area contributed by atoms with Crippen LogP contribution in [0.15, 0.2) is 48.5 Å². The van der Waals surface area contributed by atoms with Crippen LogP contribution < -0.4 is 11.1 Å². The molecular weight excluding hydrogens is 215 g/mol. The summed E-state index contributed by atoms with van der Waals surface area (Å²) in [5.74, 6) is -0.198. The van der Waals surface area contributed by atoms with Gasteiger partial charge in [-0.05, 0) is 31.2 Å². The second-order valence-electron chi connectivity index (χ2n) is 4.01. The Bertz CT molecular complexity index is 511. The van der Waals surface area contributed by atoms with Gasteiger partial charge in [0.25, 0.3) is 0 Å². The lowest BCUT2D eigenvalue weighted by atomic mass is 10.1. The quantitative estimate of drug-likeness (QED) is 0.791. The lowest BCUT2D eigenvalue weighted by Crippen LogP contribution is -2.08. The Morgan fingerprint density at radius 2 is 1.88 bits per heavy atom. The van der Waals surface area contributed by atoms with Crippen LogP contribution in [0.1, 0.15) is 18.5 Å². The predicted molar refractivity (Wildman–Crippen MR) is 69.3 cm³/mol. The summed E-state index contributed by atoms with van der Waals surface area (Å²) in [6.07, 6.45) is 0. The average Bonchev–Trinajstić information content (AvgIpc) is 2.29. The number of rotatable bonds is 3. The van der Waals surface area contributed by atoms with Gasteiger partial charge in [0.1, 0.15) is 5.82 Å². The van der Waals surface area contributed by atoms with Gasteiger partial charge in [-0.15, -0.1) is 0 Å². The molecule has 0 heterocycles. The number of hydrogen-bond donors (Lipinski definition) is 2. The minimum atomic E-state index is -0.198. The highest BCUT2D eigenvalue weighted by Crippen LogP contribution is 2.22. The number of benzene rings is 2. The molecule has 0 amide bonds. The molecule has 0 aliphatic carbocycles. The van der Waals surface area contributed by atoms with Crippen LogP contribution in [0.5, 0.6) is 0 Å². The normalized spacial score (nSPS) is 12.1. The van der Waals surface area contributed by atoms with Crippen LogP contribution in [0, 0.1) is 5.82 Å². The molecule has 88 valence electrons. The van der Waals surface area contributed by atoms with Gasteiger partial charge in [0.05, 0.1) is 6.04 Å². The molecule has 0 saturated carbocycles. The summed E-state index contributed by atoms with van der Waals surface area (Å²) in [7, 11) is 0. The SMILES string of the molecule is CC(Nc1cccc(N)c1)c1ccccc1F. The molecule has 1 atom stereocenters. The van der Waals surface area contributed by atoms with Crippen LogP contribution in [0.25, 0.3) is 0 Å². The summed E-state index contributed by atoms with van der Waals surface area (Å²) in [5, 5.41) is 3.22. The number of halogens is 1. The van der Waals surface area contributed by atoms with Crippen molar-refractivity contribution >= 4 is 11.4 Å². The minimum absolute atomic E-state index is 0.0991. The van der Waals surface area contributed by atoms with E-state index in [0.717, 1.165) is 5.69 Å². The molecule has 0 aromatic heterocycles. The van der Waals surface area contributed by atoms with Crippen LogP contribution in [-0.4, -0.2) is 0 Å². The highest BCUT2D eigenvalue weighted by Gasteiger charge is 2.09. The molecule has 3 N–H and O–H groups in total. The molecule has 2 nitrogen and oxygen atoms in total. The predicted octanol–water partition coefficient (Wildman–Crippen LogP) is 3.58. The van der Waals surface area contributed by atoms with E-state index in [-0.39, 0.29) is 11.9 Å². The summed E-state index contributed by atoms with van der Waals surface area (Å²) in [4.78, 5) is 0. The van der Waals surface area contributed by atoms with Gasteiger partial charge in [0, 0.05) is 16.9 Å². The zero-order chi connectivity index (χ0) is 12.3. The van der Waals surface area contributed by atoms with E-state index in [1.807, 2.05) is 37.3 Å². The van der Waals surface area contributed by atoms with Gasteiger partial charge in [-0.1, -0.05) is 24.3 Å². The largest absolute Gasteiger partial charge is 0.399 e. The molecule has 2 aromatic carbocycles. The lowest BCUT2D eigenvalue weighted by molar-refractivity contribution is 0.600. The fraction of sp³-hybridized carbons (Fsp3) is 0.143. The number of nitrogen functional groups attached to an aromatic ring is 1. The van der Waals surface area contributed by atoms with E-state index in [1.165, 1.54) is 6.07 Å². The smallest absolute Gasteiger partial charge is 0.128 e. The van der Waals surface area contributed by atoms with Crippen molar-refractivity contribution in [2.75, 3.05) is 11.1 Å². The van der Waals surface area contributed by atoms with Gasteiger partial charge < -0.3 is 11.1 Å². The van der Waals surface area contributed by atoms with Crippen LogP contribution in [0.2, 0.25) is 0 Å². The number of nitrogens with one attached hydrogen (secondary N) is 1. The van der Waals surface area contributed by atoms with Crippen molar-refractivity contribution in [2.45, 2.75) is 13.0 Å². The standard InChI is InChI=1S/C14H15FN2/c1-10(13-7-2-3-8-14(13)15)17-12-6-4-5-11(16)9-12/h2-10,17H,16H2,1H3. The first-order chi connectivity index (χ1) is 8.16. The van der Waals surface area contributed by atoms with Crippen molar-refractivity contribution in [1.82, 2.24) is 0 Å². The van der Waals surface area contributed by atoms with E-state index < -0.39 is 0 Å². The topological polar surface area (TPSA) is 38.0 Å². The van der Waals surface area contributed by atoms with Gasteiger partial charge in [-0.3, -0.25) is 0 Å². The molecule has 2 aromatic rings. The zero-order valence-electron chi connectivity index (χ0n) is 9.65. The third-order valence-corrected chi connectivity index (χ3v) is 2.64. The highest BCUT2D eigenvalue weighted by molar-refractivity contribution is 5.55. The summed E-state index contributed by atoms with van der Waals surface area (Å²) in [6.45, 7) is 1.92. The summed E-state index contributed by atoms with van der Waals surface area (Å²) < 4.78 is 13.6. The summed E-state index contributed by atoms with van der Waals surface area (Å²) >= 11 is 0. The number of hydrogen-bond acceptors (Lipinski definition) is 2. The van der Waals surface area contributed by atoms with Gasteiger partial charge >= 0.3 is 0 Å². The number of anilines is 2. The van der Waals surface area contributed by atoms with Gasteiger partial charge in [-0.2, -0.15) is 0 Å². The van der Waals surface area contributed by atoms with E-state index >= 15 is 0 Å². The maximum absolute atomic E-state index is 13.6. The first-order valence-electron chi connectivity index (χ1n) is 5.53. The Hall–Kier alpha value is -2.03. The molecule has 0 bridgehead atoms. The van der Waals surface area contributed by atoms with Crippen molar-refractivity contribution < 1.29 is 4.39 Å². The van der Waals surface area contributed by atoms with Crippen LogP contribution in [0.3, 0.4) is 0 Å². The molecule has 17 heavy (non-hydrogen) atoms. The van der Waals surface area contributed by atoms with Gasteiger partial charge in [0.2, 0.25) is 0 Å².